The molecule has 1 amide bonds. The lowest BCUT2D eigenvalue weighted by Crippen LogP contribution is -2.22. The van der Waals surface area contributed by atoms with Crippen LogP contribution in [0.4, 0.5) is 14.6 Å². The molecule has 0 radical (unpaired) electrons. The van der Waals surface area contributed by atoms with Crippen LogP contribution in [0.3, 0.4) is 0 Å². The average Bonchev–Trinajstić information content (AvgIpc) is 3.21. The summed E-state index contributed by atoms with van der Waals surface area (Å²) in [4.78, 5) is 12.7. The van der Waals surface area contributed by atoms with Crippen molar-refractivity contribution >= 4 is 22.5 Å². The number of amides is 1. The van der Waals surface area contributed by atoms with E-state index in [2.05, 4.69) is 20.6 Å². The number of hydrogen-bond donors (Lipinski definition) is 1. The summed E-state index contributed by atoms with van der Waals surface area (Å²) >= 11 is 0. The zero-order chi connectivity index (χ0) is 22.7. The van der Waals surface area contributed by atoms with Crippen LogP contribution in [0.1, 0.15) is 15.9 Å². The Balaban J connectivity index is 1.67. The molecular weight excluding hydrogens is 416 g/mol. The summed E-state index contributed by atoms with van der Waals surface area (Å²) in [5.74, 6) is 0.421. The zero-order valence-electron chi connectivity index (χ0n) is 17.5. The van der Waals surface area contributed by atoms with E-state index in [9.17, 15) is 13.6 Å². The SMILES string of the molecule is Cc1ccc(C(=O)Nc2ccnn2C)cc1-c1ccc2c(OC(CF)CF)nncc2c1. The van der Waals surface area contributed by atoms with Crippen LogP contribution in [-0.2, 0) is 7.05 Å². The van der Waals surface area contributed by atoms with Gasteiger partial charge in [0.2, 0.25) is 5.88 Å². The molecule has 0 fully saturated rings. The topological polar surface area (TPSA) is 81.9 Å². The van der Waals surface area contributed by atoms with E-state index < -0.39 is 19.5 Å². The summed E-state index contributed by atoms with van der Waals surface area (Å²) in [6.07, 6.45) is 1.95. The van der Waals surface area contributed by atoms with Gasteiger partial charge in [0.15, 0.2) is 6.10 Å². The zero-order valence-corrected chi connectivity index (χ0v) is 17.5. The predicted molar refractivity (Wildman–Crippen MR) is 117 cm³/mol. The predicted octanol–water partition coefficient (Wildman–Crippen LogP) is 4.28. The number of nitrogens with zero attached hydrogens (tertiary/aromatic N) is 4. The van der Waals surface area contributed by atoms with Crippen molar-refractivity contribution < 1.29 is 18.3 Å². The highest BCUT2D eigenvalue weighted by atomic mass is 19.1. The number of carbonyl (C=O) groups excluding carboxylic acids is 1. The first-order valence-electron chi connectivity index (χ1n) is 9.94. The van der Waals surface area contributed by atoms with E-state index in [1.165, 1.54) is 0 Å². The second-order valence-electron chi connectivity index (χ2n) is 7.32. The van der Waals surface area contributed by atoms with Crippen LogP contribution in [0.15, 0.2) is 54.9 Å². The van der Waals surface area contributed by atoms with Crippen LogP contribution < -0.4 is 10.1 Å². The molecule has 32 heavy (non-hydrogen) atoms. The molecule has 9 heteroatoms. The minimum atomic E-state index is -1.22. The molecule has 2 aromatic heterocycles. The number of fused-ring (bicyclic) bond motifs is 1. The van der Waals surface area contributed by atoms with Gasteiger partial charge < -0.3 is 10.1 Å². The lowest BCUT2D eigenvalue weighted by Gasteiger charge is -2.14. The molecule has 0 unspecified atom stereocenters. The van der Waals surface area contributed by atoms with Crippen molar-refractivity contribution in [3.05, 3.63) is 66.0 Å². The van der Waals surface area contributed by atoms with E-state index in [4.69, 9.17) is 4.74 Å². The van der Waals surface area contributed by atoms with Gasteiger partial charge in [-0.15, -0.1) is 5.10 Å². The van der Waals surface area contributed by atoms with E-state index in [-0.39, 0.29) is 11.8 Å². The lowest BCUT2D eigenvalue weighted by atomic mass is 9.96. The summed E-state index contributed by atoms with van der Waals surface area (Å²) in [6.45, 7) is 0.0355. The first-order valence-corrected chi connectivity index (χ1v) is 9.94. The van der Waals surface area contributed by atoms with E-state index in [1.54, 1.807) is 42.3 Å². The highest BCUT2D eigenvalue weighted by Crippen LogP contribution is 2.31. The molecule has 164 valence electrons. The van der Waals surface area contributed by atoms with Gasteiger partial charge in [-0.25, -0.2) is 8.78 Å². The van der Waals surface area contributed by atoms with E-state index in [0.717, 1.165) is 16.7 Å². The lowest BCUT2D eigenvalue weighted by molar-refractivity contribution is 0.102. The maximum atomic E-state index is 12.9. The van der Waals surface area contributed by atoms with Gasteiger partial charge in [-0.05, 0) is 47.9 Å². The molecule has 1 N–H and O–H groups in total. The number of rotatable bonds is 7. The molecule has 0 aliphatic heterocycles. The Morgan fingerprint density at radius 1 is 1.16 bits per heavy atom. The van der Waals surface area contributed by atoms with E-state index >= 15 is 0 Å². The highest BCUT2D eigenvalue weighted by molar-refractivity contribution is 6.04. The van der Waals surface area contributed by atoms with Gasteiger partial charge in [0, 0.05) is 29.4 Å². The van der Waals surface area contributed by atoms with E-state index in [0.29, 0.717) is 22.2 Å². The number of aryl methyl sites for hydroxylation is 2. The minimum absolute atomic E-state index is 0.0791. The molecule has 4 rings (SSSR count). The van der Waals surface area contributed by atoms with Crippen molar-refractivity contribution in [3.8, 4) is 17.0 Å². The molecule has 7 nitrogen and oxygen atoms in total. The Morgan fingerprint density at radius 3 is 2.69 bits per heavy atom. The fraction of sp³-hybridized carbons (Fsp3) is 0.217. The van der Waals surface area contributed by atoms with Gasteiger partial charge in [0.25, 0.3) is 5.91 Å². The van der Waals surface area contributed by atoms with Gasteiger partial charge in [-0.3, -0.25) is 9.48 Å². The molecule has 0 atom stereocenters. The van der Waals surface area contributed by atoms with Gasteiger partial charge in [0.05, 0.1) is 12.4 Å². The van der Waals surface area contributed by atoms with Crippen LogP contribution >= 0.6 is 0 Å². The number of hydrogen-bond acceptors (Lipinski definition) is 5. The molecule has 4 aromatic rings. The number of ether oxygens (including phenoxy) is 1. The molecule has 2 heterocycles. The fourth-order valence-electron chi connectivity index (χ4n) is 3.34. The van der Waals surface area contributed by atoms with Gasteiger partial charge in [0.1, 0.15) is 19.2 Å². The summed E-state index contributed by atoms with van der Waals surface area (Å²) in [5.41, 5.74) is 3.21. The monoisotopic (exact) mass is 437 g/mol. The Bertz CT molecular complexity index is 1270. The number of anilines is 1. The molecule has 0 aliphatic rings. The Hall–Kier alpha value is -3.88. The first-order chi connectivity index (χ1) is 15.5. The van der Waals surface area contributed by atoms with Gasteiger partial charge >= 0.3 is 0 Å². The van der Waals surface area contributed by atoms with Crippen molar-refractivity contribution in [3.63, 3.8) is 0 Å². The number of carbonyl (C=O) groups is 1. The van der Waals surface area contributed by atoms with Crippen molar-refractivity contribution in [2.24, 2.45) is 7.05 Å². The number of aromatic nitrogens is 4. The van der Waals surface area contributed by atoms with Crippen LogP contribution in [0.5, 0.6) is 5.88 Å². The Kier molecular flexibility index (Phi) is 6.07. The van der Waals surface area contributed by atoms with Crippen molar-refractivity contribution in [1.82, 2.24) is 20.0 Å². The molecule has 0 bridgehead atoms. The molecular formula is C23H21F2N5O2. The minimum Gasteiger partial charge on any atom is -0.467 e. The molecule has 0 saturated heterocycles. The van der Waals surface area contributed by atoms with Gasteiger partial charge in [-0.1, -0.05) is 12.1 Å². The van der Waals surface area contributed by atoms with Crippen LogP contribution in [-0.4, -0.2) is 45.3 Å². The molecule has 0 saturated carbocycles. The highest BCUT2D eigenvalue weighted by Gasteiger charge is 2.15. The number of benzene rings is 2. The molecule has 2 aromatic carbocycles. The third kappa shape index (κ3) is 4.27. The largest absolute Gasteiger partial charge is 0.467 e. The van der Waals surface area contributed by atoms with E-state index in [1.807, 2.05) is 31.2 Å². The smallest absolute Gasteiger partial charge is 0.256 e. The normalized spacial score (nSPS) is 11.2. The van der Waals surface area contributed by atoms with Crippen molar-refractivity contribution in [1.29, 1.82) is 0 Å². The maximum Gasteiger partial charge on any atom is 0.256 e. The number of alkyl halides is 2. The van der Waals surface area contributed by atoms with Crippen LogP contribution in [0.25, 0.3) is 21.9 Å². The van der Waals surface area contributed by atoms with Crippen LogP contribution in [0, 0.1) is 6.92 Å². The average molecular weight is 437 g/mol. The first kappa shape index (κ1) is 21.4. The molecule has 0 spiro atoms. The second-order valence-corrected chi connectivity index (χ2v) is 7.32. The summed E-state index contributed by atoms with van der Waals surface area (Å²) in [7, 11) is 1.75. The van der Waals surface area contributed by atoms with Crippen molar-refractivity contribution in [2.75, 3.05) is 18.7 Å². The third-order valence-corrected chi connectivity index (χ3v) is 5.12. The summed E-state index contributed by atoms with van der Waals surface area (Å²) in [5, 5.41) is 16.0. The second kappa shape index (κ2) is 9.09. The Labute approximate surface area is 183 Å². The van der Waals surface area contributed by atoms with Gasteiger partial charge in [-0.2, -0.15) is 10.2 Å². The van der Waals surface area contributed by atoms with Crippen LogP contribution in [0.2, 0.25) is 0 Å². The summed E-state index contributed by atoms with van der Waals surface area (Å²) in [6, 6.07) is 12.7. The quantitative estimate of drug-likeness (QED) is 0.467. The third-order valence-electron chi connectivity index (χ3n) is 5.12. The molecule has 0 aliphatic carbocycles. The maximum absolute atomic E-state index is 12.9. The Morgan fingerprint density at radius 2 is 1.97 bits per heavy atom. The fourth-order valence-corrected chi connectivity index (χ4v) is 3.34. The number of nitrogens with one attached hydrogen (secondary N) is 1. The van der Waals surface area contributed by atoms with Crippen molar-refractivity contribution in [2.45, 2.75) is 13.0 Å². The standard InChI is InChI=1S/C23H21F2N5O2/c1-14-3-4-16(22(31)28-21-7-8-27-30(21)2)10-20(14)15-5-6-19-17(9-15)13-26-29-23(19)32-18(11-24)12-25/h3-10,13,18H,11-12H2,1-2H3,(H,28,31). The summed E-state index contributed by atoms with van der Waals surface area (Å²) < 4.78 is 32.6. The number of halogens is 2.